The van der Waals surface area contributed by atoms with Gasteiger partial charge in [-0.1, -0.05) is 58.8 Å². The monoisotopic (exact) mass is 482 g/mol. The number of aromatic nitrogens is 1. The lowest BCUT2D eigenvalue weighted by atomic mass is 10.1. The minimum Gasteiger partial charge on any atom is -0.312 e. The number of rotatable bonds is 6. The fourth-order valence-corrected chi connectivity index (χ4v) is 3.97. The Balaban J connectivity index is 1.62. The van der Waals surface area contributed by atoms with Gasteiger partial charge < -0.3 is 5.32 Å². The van der Waals surface area contributed by atoms with Gasteiger partial charge in [-0.05, 0) is 43.3 Å². The third-order valence-electron chi connectivity index (χ3n) is 4.64. The van der Waals surface area contributed by atoms with E-state index in [4.69, 9.17) is 11.6 Å². The van der Waals surface area contributed by atoms with E-state index in [9.17, 15) is 13.6 Å². The number of thiazole rings is 1. The van der Waals surface area contributed by atoms with Gasteiger partial charge in [-0.15, -0.1) is 0 Å². The predicted molar refractivity (Wildman–Crippen MR) is 129 cm³/mol. The largest absolute Gasteiger partial charge is 0.312 e. The summed E-state index contributed by atoms with van der Waals surface area (Å²) in [6.45, 7) is 1.97. The molecule has 1 heterocycles. The van der Waals surface area contributed by atoms with E-state index in [2.05, 4.69) is 20.8 Å². The summed E-state index contributed by atoms with van der Waals surface area (Å²) < 4.78 is 27.1. The summed E-state index contributed by atoms with van der Waals surface area (Å²) in [4.78, 5) is 17.2. The summed E-state index contributed by atoms with van der Waals surface area (Å²) in [5, 5.41) is 7.95. The zero-order valence-corrected chi connectivity index (χ0v) is 18.8. The molecule has 0 aliphatic carbocycles. The second-order valence-electron chi connectivity index (χ2n) is 7.03. The highest BCUT2D eigenvalue weighted by molar-refractivity contribution is 7.20. The van der Waals surface area contributed by atoms with Gasteiger partial charge in [0.2, 0.25) is 5.13 Å². The molecule has 0 radical (unpaired) electrons. The van der Waals surface area contributed by atoms with Gasteiger partial charge in [0.1, 0.15) is 22.3 Å². The van der Waals surface area contributed by atoms with Crippen LogP contribution in [0.2, 0.25) is 5.02 Å². The molecule has 9 heteroatoms. The first-order valence-corrected chi connectivity index (χ1v) is 11.0. The van der Waals surface area contributed by atoms with Crippen molar-refractivity contribution in [1.29, 1.82) is 0 Å². The SMILES string of the molecule is Cc1ccc(-c2nc(N/N=C\c3c(F)cccc3Cl)sc2NC(=O)c2ccc(F)cc2)cc1. The standard InChI is InChI=1S/C24H17ClF2N4OS/c1-14-5-7-15(8-6-14)21-23(30-22(32)16-9-11-17(26)12-10-16)33-24(29-21)31-28-13-18-19(25)3-2-4-20(18)27/h2-13H,1H3,(H,29,31)(H,30,32)/b28-13-. The number of nitrogens with zero attached hydrogens (tertiary/aromatic N) is 2. The van der Waals surface area contributed by atoms with Crippen molar-refractivity contribution in [3.8, 4) is 11.3 Å². The number of hydrogen-bond donors (Lipinski definition) is 2. The molecule has 5 nitrogen and oxygen atoms in total. The van der Waals surface area contributed by atoms with Crippen LogP contribution in [0.4, 0.5) is 18.9 Å². The topological polar surface area (TPSA) is 66.4 Å². The van der Waals surface area contributed by atoms with Crippen LogP contribution in [-0.2, 0) is 0 Å². The summed E-state index contributed by atoms with van der Waals surface area (Å²) in [6.07, 6.45) is 1.27. The van der Waals surface area contributed by atoms with Crippen molar-refractivity contribution >= 4 is 45.2 Å². The summed E-state index contributed by atoms with van der Waals surface area (Å²) in [7, 11) is 0. The molecule has 1 amide bonds. The number of carbonyl (C=O) groups excluding carboxylic acids is 1. The Labute approximate surface area is 197 Å². The minimum atomic E-state index is -0.500. The Morgan fingerprint density at radius 2 is 1.79 bits per heavy atom. The number of nitrogens with one attached hydrogen (secondary N) is 2. The van der Waals surface area contributed by atoms with Gasteiger partial charge in [0.15, 0.2) is 0 Å². The molecule has 0 saturated heterocycles. The lowest BCUT2D eigenvalue weighted by Crippen LogP contribution is -2.11. The molecule has 2 N–H and O–H groups in total. The fraction of sp³-hybridized carbons (Fsp3) is 0.0417. The second kappa shape index (κ2) is 9.89. The maximum Gasteiger partial charge on any atom is 0.256 e. The van der Waals surface area contributed by atoms with E-state index in [-0.39, 0.29) is 10.6 Å². The van der Waals surface area contributed by atoms with Crippen LogP contribution in [0.5, 0.6) is 0 Å². The molecule has 0 aliphatic heterocycles. The number of anilines is 2. The van der Waals surface area contributed by atoms with Gasteiger partial charge in [-0.25, -0.2) is 13.8 Å². The Morgan fingerprint density at radius 1 is 1.06 bits per heavy atom. The minimum absolute atomic E-state index is 0.145. The lowest BCUT2D eigenvalue weighted by Gasteiger charge is -2.06. The molecule has 1 aromatic heterocycles. The van der Waals surface area contributed by atoms with E-state index >= 15 is 0 Å². The van der Waals surface area contributed by atoms with E-state index in [1.807, 2.05) is 31.2 Å². The summed E-state index contributed by atoms with van der Waals surface area (Å²) >= 11 is 7.18. The van der Waals surface area contributed by atoms with Gasteiger partial charge in [-0.3, -0.25) is 10.2 Å². The molecular weight excluding hydrogens is 466 g/mol. The second-order valence-corrected chi connectivity index (χ2v) is 8.44. The highest BCUT2D eigenvalue weighted by Gasteiger charge is 2.17. The van der Waals surface area contributed by atoms with Crippen molar-refractivity contribution in [2.24, 2.45) is 5.10 Å². The smallest absolute Gasteiger partial charge is 0.256 e. The van der Waals surface area contributed by atoms with Crippen LogP contribution in [0.3, 0.4) is 0 Å². The Morgan fingerprint density at radius 3 is 2.48 bits per heavy atom. The van der Waals surface area contributed by atoms with Crippen LogP contribution in [0.15, 0.2) is 71.8 Å². The maximum atomic E-state index is 13.9. The van der Waals surface area contributed by atoms with Crippen LogP contribution < -0.4 is 10.7 Å². The van der Waals surface area contributed by atoms with E-state index in [1.54, 1.807) is 6.07 Å². The molecule has 4 aromatic rings. The van der Waals surface area contributed by atoms with E-state index in [1.165, 1.54) is 42.6 Å². The normalized spacial score (nSPS) is 11.0. The molecule has 0 bridgehead atoms. The zero-order chi connectivity index (χ0) is 23.4. The van der Waals surface area contributed by atoms with Crippen LogP contribution in [0.1, 0.15) is 21.5 Å². The molecule has 3 aromatic carbocycles. The molecule has 0 spiro atoms. The first-order chi connectivity index (χ1) is 15.9. The zero-order valence-electron chi connectivity index (χ0n) is 17.3. The molecule has 0 unspecified atom stereocenters. The van der Waals surface area contributed by atoms with Gasteiger partial charge in [0, 0.05) is 16.7 Å². The van der Waals surface area contributed by atoms with Crippen LogP contribution in [0.25, 0.3) is 11.3 Å². The van der Waals surface area contributed by atoms with Crippen LogP contribution in [0, 0.1) is 18.6 Å². The van der Waals surface area contributed by atoms with Crippen molar-refractivity contribution < 1.29 is 13.6 Å². The van der Waals surface area contributed by atoms with E-state index in [0.717, 1.165) is 22.5 Å². The first-order valence-electron chi connectivity index (χ1n) is 9.78. The first kappa shape index (κ1) is 22.6. The summed E-state index contributed by atoms with van der Waals surface area (Å²) in [5.41, 5.74) is 5.62. The van der Waals surface area contributed by atoms with Crippen LogP contribution >= 0.6 is 22.9 Å². The number of amides is 1. The van der Waals surface area contributed by atoms with Crippen LogP contribution in [-0.4, -0.2) is 17.1 Å². The van der Waals surface area contributed by atoms with Crippen molar-refractivity contribution in [2.45, 2.75) is 6.92 Å². The van der Waals surface area contributed by atoms with E-state index < -0.39 is 17.5 Å². The summed E-state index contributed by atoms with van der Waals surface area (Å²) in [6, 6.07) is 17.3. The molecule has 0 atom stereocenters. The quantitative estimate of drug-likeness (QED) is 0.236. The molecule has 0 saturated carbocycles. The lowest BCUT2D eigenvalue weighted by molar-refractivity contribution is 0.102. The molecule has 4 rings (SSSR count). The van der Waals surface area contributed by atoms with E-state index in [0.29, 0.717) is 21.4 Å². The van der Waals surface area contributed by atoms with Crippen molar-refractivity contribution in [2.75, 3.05) is 10.7 Å². The van der Waals surface area contributed by atoms with Crippen molar-refractivity contribution in [1.82, 2.24) is 4.98 Å². The summed E-state index contributed by atoms with van der Waals surface area (Å²) in [5.74, 6) is -1.33. The highest BCUT2D eigenvalue weighted by Crippen LogP contribution is 2.36. The van der Waals surface area contributed by atoms with Crippen molar-refractivity contribution in [3.05, 3.63) is 100 Å². The molecule has 0 aliphatic rings. The predicted octanol–water partition coefficient (Wildman–Crippen LogP) is 6.75. The number of benzene rings is 3. The number of aryl methyl sites for hydroxylation is 1. The average molecular weight is 483 g/mol. The third-order valence-corrected chi connectivity index (χ3v) is 5.84. The number of hydrazone groups is 1. The van der Waals surface area contributed by atoms with Gasteiger partial charge >= 0.3 is 0 Å². The van der Waals surface area contributed by atoms with Gasteiger partial charge in [-0.2, -0.15) is 5.10 Å². The molecule has 33 heavy (non-hydrogen) atoms. The number of carbonyl (C=O) groups is 1. The Hall–Kier alpha value is -3.62. The maximum absolute atomic E-state index is 13.9. The molecule has 166 valence electrons. The highest BCUT2D eigenvalue weighted by atomic mass is 35.5. The number of hydrogen-bond acceptors (Lipinski definition) is 5. The van der Waals surface area contributed by atoms with Gasteiger partial charge in [0.25, 0.3) is 5.91 Å². The Bertz CT molecular complexity index is 1300. The fourth-order valence-electron chi connectivity index (χ4n) is 2.92. The average Bonchev–Trinajstić information content (AvgIpc) is 3.19. The van der Waals surface area contributed by atoms with Gasteiger partial charge in [0.05, 0.1) is 11.2 Å². The molecule has 0 fully saturated rings. The molecular formula is C24H17ClF2N4OS. The van der Waals surface area contributed by atoms with Crippen molar-refractivity contribution in [3.63, 3.8) is 0 Å². The third kappa shape index (κ3) is 5.42. The number of halogens is 3. The Kier molecular flexibility index (Phi) is 6.76.